The molecular formula is C26H25N3O. The van der Waals surface area contributed by atoms with E-state index in [1.54, 1.807) is 0 Å². The van der Waals surface area contributed by atoms with Gasteiger partial charge in [-0.15, -0.1) is 0 Å². The van der Waals surface area contributed by atoms with Crippen LogP contribution in [0.5, 0.6) is 0 Å². The summed E-state index contributed by atoms with van der Waals surface area (Å²) in [5, 5.41) is 8.84. The van der Waals surface area contributed by atoms with Crippen molar-refractivity contribution in [2.75, 3.05) is 0 Å². The number of rotatable bonds is 4. The molecule has 1 heterocycles. The Morgan fingerprint density at radius 1 is 1.10 bits per heavy atom. The van der Waals surface area contributed by atoms with Crippen molar-refractivity contribution in [3.63, 3.8) is 0 Å². The highest BCUT2D eigenvalue weighted by molar-refractivity contribution is 5.98. The zero-order chi connectivity index (χ0) is 20.5. The van der Waals surface area contributed by atoms with Crippen molar-refractivity contribution in [1.29, 1.82) is 0 Å². The molecule has 4 nitrogen and oxygen atoms in total. The zero-order valence-corrected chi connectivity index (χ0v) is 17.1. The van der Waals surface area contributed by atoms with Crippen LogP contribution >= 0.6 is 0 Å². The fourth-order valence-electron chi connectivity index (χ4n) is 4.35. The van der Waals surface area contributed by atoms with E-state index in [1.807, 2.05) is 29.1 Å². The number of nitrogens with zero attached hydrogens (tertiary/aromatic N) is 2. The number of carbonyl (C=O) groups is 1. The van der Waals surface area contributed by atoms with E-state index in [1.165, 1.54) is 22.3 Å². The first-order valence-corrected chi connectivity index (χ1v) is 10.6. The summed E-state index contributed by atoms with van der Waals surface area (Å²) in [6, 6.07) is 22.8. The average Bonchev–Trinajstić information content (AvgIpc) is 3.17. The first kappa shape index (κ1) is 18.6. The smallest absolute Gasteiger partial charge is 0.251 e. The van der Waals surface area contributed by atoms with E-state index in [9.17, 15) is 4.79 Å². The van der Waals surface area contributed by atoms with Gasteiger partial charge in [0.1, 0.15) is 0 Å². The van der Waals surface area contributed by atoms with Crippen LogP contribution in [0.2, 0.25) is 0 Å². The van der Waals surface area contributed by atoms with E-state index < -0.39 is 0 Å². The maximum Gasteiger partial charge on any atom is 0.251 e. The Morgan fingerprint density at radius 2 is 1.93 bits per heavy atom. The summed E-state index contributed by atoms with van der Waals surface area (Å²) in [6.07, 6.45) is 5.04. The third-order valence-corrected chi connectivity index (χ3v) is 6.03. The van der Waals surface area contributed by atoms with Gasteiger partial charge in [0.2, 0.25) is 0 Å². The fourth-order valence-corrected chi connectivity index (χ4v) is 4.35. The molecule has 5 rings (SSSR count). The topological polar surface area (TPSA) is 46.9 Å². The number of fused-ring (bicyclic) bond motifs is 2. The monoisotopic (exact) mass is 395 g/mol. The van der Waals surface area contributed by atoms with Crippen molar-refractivity contribution >= 4 is 16.8 Å². The molecule has 1 aromatic heterocycles. The third-order valence-electron chi connectivity index (χ3n) is 6.03. The zero-order valence-electron chi connectivity index (χ0n) is 17.1. The summed E-state index contributed by atoms with van der Waals surface area (Å²) < 4.78 is 1.96. The second-order valence-electron chi connectivity index (χ2n) is 8.18. The minimum atomic E-state index is -0.0262. The number of amides is 1. The summed E-state index contributed by atoms with van der Waals surface area (Å²) >= 11 is 0. The Kier molecular flexibility index (Phi) is 4.83. The van der Waals surface area contributed by atoms with Crippen LogP contribution in [-0.2, 0) is 13.0 Å². The van der Waals surface area contributed by atoms with E-state index in [0.29, 0.717) is 12.1 Å². The summed E-state index contributed by atoms with van der Waals surface area (Å²) in [6.45, 7) is 2.77. The van der Waals surface area contributed by atoms with Gasteiger partial charge in [-0.1, -0.05) is 60.2 Å². The molecule has 0 spiro atoms. The van der Waals surface area contributed by atoms with Gasteiger partial charge < -0.3 is 5.32 Å². The molecule has 1 aliphatic rings. The van der Waals surface area contributed by atoms with Crippen molar-refractivity contribution < 1.29 is 4.79 Å². The van der Waals surface area contributed by atoms with Crippen LogP contribution in [0.3, 0.4) is 0 Å². The molecule has 30 heavy (non-hydrogen) atoms. The summed E-state index contributed by atoms with van der Waals surface area (Å²) in [5.41, 5.74) is 6.69. The first-order valence-electron chi connectivity index (χ1n) is 10.6. The molecule has 1 unspecified atom stereocenters. The van der Waals surface area contributed by atoms with Crippen molar-refractivity contribution in [3.05, 3.63) is 101 Å². The van der Waals surface area contributed by atoms with Crippen LogP contribution in [0.1, 0.15) is 51.5 Å². The van der Waals surface area contributed by atoms with E-state index in [-0.39, 0.29) is 11.9 Å². The van der Waals surface area contributed by atoms with Crippen LogP contribution in [0, 0.1) is 6.92 Å². The average molecular weight is 396 g/mol. The van der Waals surface area contributed by atoms with Gasteiger partial charge in [-0.05, 0) is 55.0 Å². The lowest BCUT2D eigenvalue weighted by atomic mass is 9.87. The van der Waals surface area contributed by atoms with Crippen LogP contribution < -0.4 is 5.32 Å². The van der Waals surface area contributed by atoms with Gasteiger partial charge in [0.15, 0.2) is 0 Å². The largest absolute Gasteiger partial charge is 0.345 e. The van der Waals surface area contributed by atoms with Gasteiger partial charge >= 0.3 is 0 Å². The molecule has 0 fully saturated rings. The van der Waals surface area contributed by atoms with Crippen molar-refractivity contribution in [2.24, 2.45) is 0 Å². The first-order chi connectivity index (χ1) is 14.7. The van der Waals surface area contributed by atoms with Crippen molar-refractivity contribution in [3.8, 4) is 0 Å². The standard InChI is InChI=1S/C26H25N3O/c1-18-9-11-19(12-10-18)17-29-25-15-21(13-14-22(25)16-27-29)26(30)28-24-8-4-6-20-5-2-3-7-23(20)24/h2-3,5,7,9-16,24H,4,6,8,17H2,1H3,(H,28,30). The van der Waals surface area contributed by atoms with Gasteiger partial charge in [0.05, 0.1) is 24.3 Å². The van der Waals surface area contributed by atoms with Gasteiger partial charge in [-0.2, -0.15) is 5.10 Å². The number of nitrogens with one attached hydrogen (secondary N) is 1. The lowest BCUT2D eigenvalue weighted by Gasteiger charge is -2.26. The Balaban J connectivity index is 1.39. The van der Waals surface area contributed by atoms with Gasteiger partial charge in [-0.3, -0.25) is 9.48 Å². The molecule has 1 amide bonds. The predicted octanol–water partition coefficient (Wildman–Crippen LogP) is 5.20. The van der Waals surface area contributed by atoms with E-state index >= 15 is 0 Å². The third kappa shape index (κ3) is 3.61. The highest BCUT2D eigenvalue weighted by Gasteiger charge is 2.22. The van der Waals surface area contributed by atoms with Crippen LogP contribution in [0.15, 0.2) is 72.9 Å². The number of aromatic nitrogens is 2. The van der Waals surface area contributed by atoms with Gasteiger partial charge in [0.25, 0.3) is 5.91 Å². The second kappa shape index (κ2) is 7.79. The summed E-state index contributed by atoms with van der Waals surface area (Å²) in [4.78, 5) is 13.1. The van der Waals surface area contributed by atoms with Crippen LogP contribution in [0.4, 0.5) is 0 Å². The highest BCUT2D eigenvalue weighted by atomic mass is 16.1. The van der Waals surface area contributed by atoms with Crippen LogP contribution in [0.25, 0.3) is 10.9 Å². The molecule has 1 atom stereocenters. The maximum absolute atomic E-state index is 13.1. The predicted molar refractivity (Wildman–Crippen MR) is 120 cm³/mol. The number of aryl methyl sites for hydroxylation is 2. The number of hydrogen-bond acceptors (Lipinski definition) is 2. The van der Waals surface area contributed by atoms with Crippen molar-refractivity contribution in [1.82, 2.24) is 15.1 Å². The molecular weight excluding hydrogens is 370 g/mol. The van der Waals surface area contributed by atoms with E-state index in [2.05, 4.69) is 65.9 Å². The summed E-state index contributed by atoms with van der Waals surface area (Å²) in [5.74, 6) is -0.0262. The highest BCUT2D eigenvalue weighted by Crippen LogP contribution is 2.30. The SMILES string of the molecule is Cc1ccc(Cn2ncc3ccc(C(=O)NC4CCCc5ccccc54)cc32)cc1. The van der Waals surface area contributed by atoms with Crippen LogP contribution in [-0.4, -0.2) is 15.7 Å². The molecule has 0 aliphatic heterocycles. The molecule has 4 heteroatoms. The fraction of sp³-hybridized carbons (Fsp3) is 0.231. The lowest BCUT2D eigenvalue weighted by molar-refractivity contribution is 0.0933. The molecule has 0 bridgehead atoms. The summed E-state index contributed by atoms with van der Waals surface area (Å²) in [7, 11) is 0. The van der Waals surface area contributed by atoms with E-state index in [0.717, 1.165) is 30.2 Å². The number of hydrogen-bond donors (Lipinski definition) is 1. The Labute approximate surface area is 176 Å². The Morgan fingerprint density at radius 3 is 2.80 bits per heavy atom. The van der Waals surface area contributed by atoms with Crippen molar-refractivity contribution in [2.45, 2.75) is 38.8 Å². The normalized spacial score (nSPS) is 15.7. The number of carbonyl (C=O) groups excluding carboxylic acids is 1. The number of benzene rings is 3. The van der Waals surface area contributed by atoms with Gasteiger partial charge in [-0.25, -0.2) is 0 Å². The minimum absolute atomic E-state index is 0.0262. The lowest BCUT2D eigenvalue weighted by Crippen LogP contribution is -2.30. The maximum atomic E-state index is 13.1. The molecule has 3 aromatic carbocycles. The second-order valence-corrected chi connectivity index (χ2v) is 8.18. The molecule has 0 saturated carbocycles. The molecule has 4 aromatic rings. The van der Waals surface area contributed by atoms with E-state index in [4.69, 9.17) is 0 Å². The molecule has 150 valence electrons. The van der Waals surface area contributed by atoms with Gasteiger partial charge in [0, 0.05) is 10.9 Å². The Hall–Kier alpha value is -3.40. The molecule has 0 radical (unpaired) electrons. The molecule has 1 aliphatic carbocycles. The quantitative estimate of drug-likeness (QED) is 0.516. The molecule has 1 N–H and O–H groups in total. The Bertz CT molecular complexity index is 1210. The minimum Gasteiger partial charge on any atom is -0.345 e. The molecule has 0 saturated heterocycles.